The van der Waals surface area contributed by atoms with Gasteiger partial charge in [-0.3, -0.25) is 10.1 Å². The summed E-state index contributed by atoms with van der Waals surface area (Å²) >= 11 is 5.61. The van der Waals surface area contributed by atoms with E-state index in [4.69, 9.17) is 21.1 Å². The van der Waals surface area contributed by atoms with Crippen LogP contribution in [0.15, 0.2) is 60.8 Å². The number of benzene rings is 2. The molecule has 0 atom stereocenters. The maximum absolute atomic E-state index is 13.0. The van der Waals surface area contributed by atoms with Gasteiger partial charge in [0.2, 0.25) is 5.91 Å². The first-order valence-corrected chi connectivity index (χ1v) is 11.7. The number of nitrogens with zero attached hydrogens (tertiary/aromatic N) is 1. The van der Waals surface area contributed by atoms with Gasteiger partial charge in [-0.05, 0) is 54.3 Å². The van der Waals surface area contributed by atoms with Gasteiger partial charge in [-0.2, -0.15) is 13.2 Å². The van der Waals surface area contributed by atoms with E-state index in [0.29, 0.717) is 17.9 Å². The van der Waals surface area contributed by atoms with Gasteiger partial charge < -0.3 is 14.8 Å². The van der Waals surface area contributed by atoms with Crippen LogP contribution in [0.4, 0.5) is 29.5 Å². The molecule has 3 rings (SSSR count). The summed E-state index contributed by atoms with van der Waals surface area (Å²) in [5, 5.41) is 4.56. The predicted molar refractivity (Wildman–Crippen MR) is 134 cm³/mol. The summed E-state index contributed by atoms with van der Waals surface area (Å²) in [7, 11) is 0. The molecule has 0 fully saturated rings. The molecule has 2 N–H and O–H groups in total. The van der Waals surface area contributed by atoms with Crippen LogP contribution in [0, 0.1) is 5.92 Å². The number of aryl methyl sites for hydroxylation is 1. The number of amides is 2. The minimum absolute atomic E-state index is 0.00833. The molecule has 0 radical (unpaired) electrons. The van der Waals surface area contributed by atoms with Crippen LogP contribution in [0.2, 0.25) is 5.02 Å². The van der Waals surface area contributed by atoms with Crippen molar-refractivity contribution >= 4 is 35.1 Å². The van der Waals surface area contributed by atoms with Crippen LogP contribution < -0.4 is 15.4 Å². The number of aromatic nitrogens is 1. The zero-order chi connectivity index (χ0) is 27.0. The molecule has 3 aromatic rings. The Labute approximate surface area is 216 Å². The highest BCUT2D eigenvalue weighted by atomic mass is 35.5. The summed E-state index contributed by atoms with van der Waals surface area (Å²) in [5.41, 5.74) is -0.225. The van der Waals surface area contributed by atoms with Gasteiger partial charge in [0.05, 0.1) is 17.2 Å². The van der Waals surface area contributed by atoms with Crippen molar-refractivity contribution in [3.8, 4) is 11.5 Å². The molecule has 1 aromatic heterocycles. The minimum Gasteiger partial charge on any atom is -0.457 e. The molecule has 0 spiro atoms. The van der Waals surface area contributed by atoms with E-state index in [9.17, 15) is 22.8 Å². The SMILES string of the molecule is CC(C)COC(=O)Nc1cc(Oc2cccc(CCC(=O)Nc3ccc(Cl)c(C(F)(F)F)c3)c2)ccn1. The molecular weight excluding hydrogens is 511 g/mol. The molecule has 196 valence electrons. The van der Waals surface area contributed by atoms with Gasteiger partial charge in [-0.1, -0.05) is 37.6 Å². The van der Waals surface area contributed by atoms with Crippen molar-refractivity contribution in [3.63, 3.8) is 0 Å². The third-order valence-electron chi connectivity index (χ3n) is 4.84. The fourth-order valence-corrected chi connectivity index (χ4v) is 3.35. The first kappa shape index (κ1) is 27.8. The Hall–Kier alpha value is -3.79. The molecule has 2 aromatic carbocycles. The van der Waals surface area contributed by atoms with Crippen LogP contribution in [-0.2, 0) is 22.1 Å². The van der Waals surface area contributed by atoms with Crippen molar-refractivity contribution < 1.29 is 32.2 Å². The van der Waals surface area contributed by atoms with Crippen LogP contribution in [0.25, 0.3) is 0 Å². The smallest absolute Gasteiger partial charge is 0.417 e. The number of anilines is 2. The Morgan fingerprint density at radius 2 is 1.78 bits per heavy atom. The molecule has 0 unspecified atom stereocenters. The molecule has 0 bridgehead atoms. The number of nitrogens with one attached hydrogen (secondary N) is 2. The van der Waals surface area contributed by atoms with E-state index in [1.54, 1.807) is 30.3 Å². The van der Waals surface area contributed by atoms with E-state index in [-0.39, 0.29) is 30.5 Å². The van der Waals surface area contributed by atoms with E-state index in [0.717, 1.165) is 17.7 Å². The highest BCUT2D eigenvalue weighted by molar-refractivity contribution is 6.31. The molecule has 7 nitrogen and oxygen atoms in total. The van der Waals surface area contributed by atoms with Crippen molar-refractivity contribution in [1.29, 1.82) is 0 Å². The fraction of sp³-hybridized carbons (Fsp3) is 0.269. The maximum atomic E-state index is 13.0. The van der Waals surface area contributed by atoms with Gasteiger partial charge in [0.25, 0.3) is 0 Å². The van der Waals surface area contributed by atoms with Gasteiger partial charge >= 0.3 is 12.3 Å². The number of ether oxygens (including phenoxy) is 2. The lowest BCUT2D eigenvalue weighted by Crippen LogP contribution is -2.17. The summed E-state index contributed by atoms with van der Waals surface area (Å²) in [6.45, 7) is 4.13. The Balaban J connectivity index is 1.56. The summed E-state index contributed by atoms with van der Waals surface area (Å²) in [5.74, 6) is 0.926. The van der Waals surface area contributed by atoms with Crippen molar-refractivity contribution in [2.24, 2.45) is 5.92 Å². The molecule has 2 amide bonds. The minimum atomic E-state index is -4.62. The van der Waals surface area contributed by atoms with Crippen molar-refractivity contribution in [2.75, 3.05) is 17.2 Å². The molecule has 0 aliphatic rings. The zero-order valence-corrected chi connectivity index (χ0v) is 20.8. The van der Waals surface area contributed by atoms with Crippen LogP contribution >= 0.6 is 11.6 Å². The van der Waals surface area contributed by atoms with Crippen molar-refractivity contribution in [3.05, 3.63) is 76.9 Å². The Bertz CT molecular complexity index is 1250. The van der Waals surface area contributed by atoms with Gasteiger partial charge in [0, 0.05) is 24.4 Å². The highest BCUT2D eigenvalue weighted by Crippen LogP contribution is 2.36. The van der Waals surface area contributed by atoms with Crippen LogP contribution in [0.1, 0.15) is 31.4 Å². The van der Waals surface area contributed by atoms with E-state index >= 15 is 0 Å². The second-order valence-corrected chi connectivity index (χ2v) is 8.89. The number of rotatable bonds is 9. The monoisotopic (exact) mass is 535 g/mol. The lowest BCUT2D eigenvalue weighted by molar-refractivity contribution is -0.137. The van der Waals surface area contributed by atoms with E-state index in [1.807, 2.05) is 13.8 Å². The third kappa shape index (κ3) is 8.98. The van der Waals surface area contributed by atoms with E-state index < -0.39 is 28.8 Å². The molecule has 37 heavy (non-hydrogen) atoms. The lowest BCUT2D eigenvalue weighted by Gasteiger charge is -2.12. The highest BCUT2D eigenvalue weighted by Gasteiger charge is 2.33. The van der Waals surface area contributed by atoms with Crippen molar-refractivity contribution in [1.82, 2.24) is 4.98 Å². The Kier molecular flexibility index (Phi) is 9.35. The summed E-state index contributed by atoms with van der Waals surface area (Å²) in [6, 6.07) is 13.4. The number of alkyl halides is 3. The van der Waals surface area contributed by atoms with Crippen LogP contribution in [-0.4, -0.2) is 23.6 Å². The van der Waals surface area contributed by atoms with Crippen LogP contribution in [0.3, 0.4) is 0 Å². The maximum Gasteiger partial charge on any atom is 0.417 e. The predicted octanol–water partition coefficient (Wildman–Crippen LogP) is 7.32. The molecule has 0 aliphatic heterocycles. The average Bonchev–Trinajstić information content (AvgIpc) is 2.82. The lowest BCUT2D eigenvalue weighted by atomic mass is 10.1. The Morgan fingerprint density at radius 1 is 1.03 bits per heavy atom. The Morgan fingerprint density at radius 3 is 2.51 bits per heavy atom. The van der Waals surface area contributed by atoms with Gasteiger partial charge in [-0.15, -0.1) is 0 Å². The van der Waals surface area contributed by atoms with Gasteiger partial charge in [0.1, 0.15) is 17.3 Å². The number of carbonyl (C=O) groups is 2. The van der Waals surface area contributed by atoms with Crippen LogP contribution in [0.5, 0.6) is 11.5 Å². The molecular formula is C26H25ClF3N3O4. The van der Waals surface area contributed by atoms with Gasteiger partial charge in [0.15, 0.2) is 0 Å². The number of pyridine rings is 1. The van der Waals surface area contributed by atoms with Crippen molar-refractivity contribution in [2.45, 2.75) is 32.9 Å². The molecule has 11 heteroatoms. The fourth-order valence-electron chi connectivity index (χ4n) is 3.13. The first-order valence-electron chi connectivity index (χ1n) is 11.3. The molecule has 0 aliphatic carbocycles. The quantitative estimate of drug-likeness (QED) is 0.299. The summed E-state index contributed by atoms with van der Waals surface area (Å²) < 4.78 is 50.0. The number of hydrogen-bond donors (Lipinski definition) is 2. The third-order valence-corrected chi connectivity index (χ3v) is 5.17. The van der Waals surface area contributed by atoms with E-state index in [2.05, 4.69) is 15.6 Å². The standard InChI is InChI=1S/C26H25ClF3N3O4/c1-16(2)15-36-25(35)33-23-14-20(10-11-31-23)37-19-5-3-4-17(12-19)6-9-24(34)32-18-7-8-22(27)21(13-18)26(28,29)30/h3-5,7-8,10-14,16H,6,9,15H2,1-2H3,(H,32,34)(H,31,33,35). The number of halogens is 4. The number of carbonyl (C=O) groups excluding carboxylic acids is 2. The molecule has 0 saturated carbocycles. The summed E-state index contributed by atoms with van der Waals surface area (Å²) in [6.07, 6.45) is -3.40. The zero-order valence-electron chi connectivity index (χ0n) is 20.1. The summed E-state index contributed by atoms with van der Waals surface area (Å²) in [4.78, 5) is 28.2. The largest absolute Gasteiger partial charge is 0.457 e. The average molecular weight is 536 g/mol. The first-order chi connectivity index (χ1) is 17.5. The molecule has 0 saturated heterocycles. The number of hydrogen-bond acceptors (Lipinski definition) is 5. The molecule has 1 heterocycles. The topological polar surface area (TPSA) is 89.5 Å². The second-order valence-electron chi connectivity index (χ2n) is 8.48. The second kappa shape index (κ2) is 12.4. The van der Waals surface area contributed by atoms with Gasteiger partial charge in [-0.25, -0.2) is 9.78 Å². The van der Waals surface area contributed by atoms with E-state index in [1.165, 1.54) is 18.3 Å². The normalized spacial score (nSPS) is 11.2.